The van der Waals surface area contributed by atoms with Crippen LogP contribution in [0, 0.1) is 0 Å². The van der Waals surface area contributed by atoms with E-state index in [0.717, 1.165) is 25.3 Å². The minimum absolute atomic E-state index is 0.292. The van der Waals surface area contributed by atoms with Gasteiger partial charge < -0.3 is 19.4 Å². The van der Waals surface area contributed by atoms with Crippen molar-refractivity contribution in [1.29, 1.82) is 0 Å². The van der Waals surface area contributed by atoms with Gasteiger partial charge in [-0.3, -0.25) is 0 Å². The molecule has 6 heteroatoms. The van der Waals surface area contributed by atoms with Gasteiger partial charge in [0.05, 0.1) is 19.9 Å². The first kappa shape index (κ1) is 9.97. The summed E-state index contributed by atoms with van der Waals surface area (Å²) in [6.07, 6.45) is 2.02. The number of imidazole rings is 1. The molecule has 0 bridgehead atoms. The van der Waals surface area contributed by atoms with Gasteiger partial charge in [-0.1, -0.05) is 0 Å². The summed E-state index contributed by atoms with van der Waals surface area (Å²) in [6, 6.07) is 0. The van der Waals surface area contributed by atoms with Crippen LogP contribution in [-0.2, 0) is 17.8 Å². The molecule has 1 aromatic heterocycles. The number of carbonyl (C=O) groups excluding carboxylic acids is 1. The third-order valence-corrected chi connectivity index (χ3v) is 2.23. The molecule has 0 spiro atoms. The van der Waals surface area contributed by atoms with Crippen LogP contribution in [-0.4, -0.2) is 29.4 Å². The Morgan fingerprint density at radius 2 is 2.53 bits per heavy atom. The molecule has 0 saturated carbocycles. The molecule has 6 nitrogen and oxygen atoms in total. The van der Waals surface area contributed by atoms with Crippen LogP contribution in [0.4, 0.5) is 4.79 Å². The van der Waals surface area contributed by atoms with E-state index in [9.17, 15) is 4.79 Å². The van der Waals surface area contributed by atoms with Crippen molar-refractivity contribution in [3.63, 3.8) is 0 Å². The number of aromatic nitrogens is 2. The fourth-order valence-corrected chi connectivity index (χ4v) is 1.51. The van der Waals surface area contributed by atoms with Crippen molar-refractivity contribution in [3.05, 3.63) is 12.0 Å². The van der Waals surface area contributed by atoms with E-state index in [4.69, 9.17) is 4.74 Å². The Kier molecular flexibility index (Phi) is 2.86. The molecule has 2 heterocycles. The summed E-state index contributed by atoms with van der Waals surface area (Å²) in [7, 11) is 1.27. The zero-order valence-corrected chi connectivity index (χ0v) is 8.52. The van der Waals surface area contributed by atoms with Gasteiger partial charge in [-0.05, 0) is 13.0 Å². The molecule has 0 aliphatic carbocycles. The molecule has 1 aliphatic rings. The SMILES string of the molecule is COC(=O)Oc1cn2c(n1)CNCCC2. The van der Waals surface area contributed by atoms with Crippen molar-refractivity contribution in [2.75, 3.05) is 13.7 Å². The highest BCUT2D eigenvalue weighted by molar-refractivity contribution is 5.62. The second-order valence-electron chi connectivity index (χ2n) is 3.28. The number of nitrogens with zero attached hydrogens (tertiary/aromatic N) is 2. The summed E-state index contributed by atoms with van der Waals surface area (Å²) in [5.41, 5.74) is 0. The lowest BCUT2D eigenvalue weighted by Gasteiger charge is -1.98. The minimum Gasteiger partial charge on any atom is -0.437 e. The van der Waals surface area contributed by atoms with E-state index >= 15 is 0 Å². The van der Waals surface area contributed by atoms with E-state index in [-0.39, 0.29) is 0 Å². The fourth-order valence-electron chi connectivity index (χ4n) is 1.51. The highest BCUT2D eigenvalue weighted by Gasteiger charge is 2.13. The predicted molar refractivity (Wildman–Crippen MR) is 51.6 cm³/mol. The van der Waals surface area contributed by atoms with Gasteiger partial charge in [0.25, 0.3) is 0 Å². The third-order valence-electron chi connectivity index (χ3n) is 2.23. The van der Waals surface area contributed by atoms with E-state index in [1.54, 1.807) is 6.20 Å². The molecule has 2 rings (SSSR count). The lowest BCUT2D eigenvalue weighted by atomic mass is 10.4. The number of methoxy groups -OCH3 is 1. The number of ether oxygens (including phenoxy) is 2. The van der Waals surface area contributed by atoms with E-state index < -0.39 is 6.16 Å². The van der Waals surface area contributed by atoms with Gasteiger partial charge >= 0.3 is 6.16 Å². The summed E-state index contributed by atoms with van der Waals surface area (Å²) in [4.78, 5) is 15.0. The van der Waals surface area contributed by atoms with E-state index in [1.807, 2.05) is 4.57 Å². The molecular formula is C9H13N3O3. The molecule has 1 aliphatic heterocycles. The number of hydrogen-bond donors (Lipinski definition) is 1. The molecule has 0 atom stereocenters. The molecule has 1 N–H and O–H groups in total. The minimum atomic E-state index is -0.740. The first-order valence-electron chi connectivity index (χ1n) is 4.82. The number of carbonyl (C=O) groups is 1. The number of nitrogens with one attached hydrogen (secondary N) is 1. The highest BCUT2D eigenvalue weighted by atomic mass is 16.7. The van der Waals surface area contributed by atoms with Crippen LogP contribution in [0.15, 0.2) is 6.20 Å². The van der Waals surface area contributed by atoms with Crippen LogP contribution in [0.1, 0.15) is 12.2 Å². The number of rotatable bonds is 1. The standard InChI is InChI=1S/C9H13N3O3/c1-14-9(13)15-8-6-12-4-2-3-10-5-7(12)11-8/h6,10H,2-5H2,1H3. The second-order valence-corrected chi connectivity index (χ2v) is 3.28. The largest absolute Gasteiger partial charge is 0.514 e. The Hall–Kier alpha value is -1.56. The zero-order valence-electron chi connectivity index (χ0n) is 8.52. The molecule has 0 unspecified atom stereocenters. The van der Waals surface area contributed by atoms with Gasteiger partial charge in [0, 0.05) is 6.54 Å². The maximum Gasteiger partial charge on any atom is 0.514 e. The predicted octanol–water partition coefficient (Wildman–Crippen LogP) is 0.522. The van der Waals surface area contributed by atoms with Crippen LogP contribution in [0.5, 0.6) is 5.88 Å². The maximum absolute atomic E-state index is 10.9. The fraction of sp³-hybridized carbons (Fsp3) is 0.556. The first-order valence-corrected chi connectivity index (χ1v) is 4.82. The molecule has 0 amide bonds. The van der Waals surface area contributed by atoms with Crippen LogP contribution in [0.25, 0.3) is 0 Å². The second kappa shape index (κ2) is 4.31. The zero-order chi connectivity index (χ0) is 10.7. The Bertz CT molecular complexity index is 338. The van der Waals surface area contributed by atoms with Crippen molar-refractivity contribution >= 4 is 6.16 Å². The molecule has 0 aromatic carbocycles. The monoisotopic (exact) mass is 211 g/mol. The summed E-state index contributed by atoms with van der Waals surface area (Å²) >= 11 is 0. The average molecular weight is 211 g/mol. The van der Waals surface area contributed by atoms with Crippen molar-refractivity contribution in [1.82, 2.24) is 14.9 Å². The van der Waals surface area contributed by atoms with Gasteiger partial charge in [0.2, 0.25) is 5.88 Å². The Morgan fingerprint density at radius 3 is 3.33 bits per heavy atom. The van der Waals surface area contributed by atoms with Crippen LogP contribution in [0.3, 0.4) is 0 Å². The highest BCUT2D eigenvalue weighted by Crippen LogP contribution is 2.13. The summed E-state index contributed by atoms with van der Waals surface area (Å²) in [6.45, 7) is 2.57. The molecular weight excluding hydrogens is 198 g/mol. The normalized spacial score (nSPS) is 15.3. The summed E-state index contributed by atoms with van der Waals surface area (Å²) < 4.78 is 11.2. The van der Waals surface area contributed by atoms with E-state index in [0.29, 0.717) is 12.4 Å². The quantitative estimate of drug-likeness (QED) is 0.686. The third kappa shape index (κ3) is 2.27. The molecule has 15 heavy (non-hydrogen) atoms. The molecule has 1 aromatic rings. The number of aryl methyl sites for hydroxylation is 1. The number of fused-ring (bicyclic) bond motifs is 1. The van der Waals surface area contributed by atoms with Crippen molar-refractivity contribution in [3.8, 4) is 5.88 Å². The van der Waals surface area contributed by atoms with E-state index in [2.05, 4.69) is 15.0 Å². The smallest absolute Gasteiger partial charge is 0.437 e. The lowest BCUT2D eigenvalue weighted by Crippen LogP contribution is -2.13. The van der Waals surface area contributed by atoms with Gasteiger partial charge in [-0.25, -0.2) is 4.79 Å². The maximum atomic E-state index is 10.9. The first-order chi connectivity index (χ1) is 7.29. The van der Waals surface area contributed by atoms with Crippen LogP contribution in [0.2, 0.25) is 0 Å². The molecule has 0 fully saturated rings. The summed E-state index contributed by atoms with van der Waals surface area (Å²) in [5.74, 6) is 1.17. The van der Waals surface area contributed by atoms with Gasteiger partial charge in [0.1, 0.15) is 5.82 Å². The van der Waals surface area contributed by atoms with E-state index in [1.165, 1.54) is 7.11 Å². The molecule has 82 valence electrons. The molecule has 0 saturated heterocycles. The molecule has 0 radical (unpaired) electrons. The Balaban J connectivity index is 2.11. The van der Waals surface area contributed by atoms with Crippen LogP contribution < -0.4 is 10.1 Å². The van der Waals surface area contributed by atoms with Crippen LogP contribution >= 0.6 is 0 Å². The average Bonchev–Trinajstić information content (AvgIpc) is 2.48. The van der Waals surface area contributed by atoms with Crippen molar-refractivity contribution in [2.45, 2.75) is 19.5 Å². The Labute approximate surface area is 87.2 Å². The van der Waals surface area contributed by atoms with Crippen molar-refractivity contribution < 1.29 is 14.3 Å². The lowest BCUT2D eigenvalue weighted by molar-refractivity contribution is 0.120. The van der Waals surface area contributed by atoms with Gasteiger partial charge in [-0.2, -0.15) is 4.98 Å². The summed E-state index contributed by atoms with van der Waals surface area (Å²) in [5, 5.41) is 3.23. The van der Waals surface area contributed by atoms with Gasteiger partial charge in [-0.15, -0.1) is 0 Å². The van der Waals surface area contributed by atoms with Gasteiger partial charge in [0.15, 0.2) is 0 Å². The number of hydrogen-bond acceptors (Lipinski definition) is 5. The van der Waals surface area contributed by atoms with Crippen molar-refractivity contribution in [2.24, 2.45) is 0 Å². The Morgan fingerprint density at radius 1 is 1.67 bits per heavy atom. The topological polar surface area (TPSA) is 65.4 Å².